The van der Waals surface area contributed by atoms with Crippen LogP contribution < -0.4 is 4.90 Å². The number of nitrogens with zero attached hydrogens (tertiary/aromatic N) is 1. The smallest absolute Gasteiger partial charge is 0.0467 e. The topological polar surface area (TPSA) is 3.24 Å². The summed E-state index contributed by atoms with van der Waals surface area (Å²) in [4.78, 5) is 2.38. The molecule has 300 valence electrons. The van der Waals surface area contributed by atoms with Gasteiger partial charge in [-0.15, -0.1) is 11.3 Å². The van der Waals surface area contributed by atoms with Crippen molar-refractivity contribution in [2.24, 2.45) is 0 Å². The summed E-state index contributed by atoms with van der Waals surface area (Å²) >= 11 is 1.87. The highest BCUT2D eigenvalue weighted by atomic mass is 32.1. The average molecular weight is 832 g/mol. The van der Waals surface area contributed by atoms with E-state index in [1.807, 2.05) is 11.3 Å². The van der Waals surface area contributed by atoms with Crippen molar-refractivity contribution in [1.29, 1.82) is 0 Å². The lowest BCUT2D eigenvalue weighted by Crippen LogP contribution is -2.10. The van der Waals surface area contributed by atoms with Gasteiger partial charge in [0, 0.05) is 37.2 Å². The Kier molecular flexibility index (Phi) is 9.43. The molecule has 12 aromatic rings. The number of benzene rings is 11. The van der Waals surface area contributed by atoms with Crippen LogP contribution in [0.25, 0.3) is 97.4 Å². The zero-order chi connectivity index (χ0) is 42.4. The summed E-state index contributed by atoms with van der Waals surface area (Å²) < 4.78 is 2.64. The predicted octanol–water partition coefficient (Wildman–Crippen LogP) is 18.2. The molecule has 0 saturated carbocycles. The van der Waals surface area contributed by atoms with E-state index in [1.165, 1.54) is 97.4 Å². The lowest BCUT2D eigenvalue weighted by molar-refractivity contribution is 1.28. The van der Waals surface area contributed by atoms with E-state index in [0.717, 1.165) is 17.1 Å². The van der Waals surface area contributed by atoms with Gasteiger partial charge < -0.3 is 4.90 Å². The first-order chi connectivity index (χ1) is 31.7. The van der Waals surface area contributed by atoms with Crippen LogP contribution in [0.15, 0.2) is 249 Å². The van der Waals surface area contributed by atoms with Gasteiger partial charge in [0.1, 0.15) is 0 Å². The van der Waals surface area contributed by atoms with Gasteiger partial charge in [0.2, 0.25) is 0 Å². The molecule has 11 aromatic carbocycles. The third-order valence-corrected chi connectivity index (χ3v) is 13.8. The monoisotopic (exact) mass is 831 g/mol. The van der Waals surface area contributed by atoms with Crippen LogP contribution in [0, 0.1) is 0 Å². The number of thiophene rings is 1. The maximum Gasteiger partial charge on any atom is 0.0467 e. The first-order valence-electron chi connectivity index (χ1n) is 21.9. The molecule has 0 unspecified atom stereocenters. The minimum atomic E-state index is 1.09. The molecule has 2 heteroatoms. The molecule has 0 fully saturated rings. The molecule has 0 aliphatic rings. The Bertz CT molecular complexity index is 3630. The highest BCUT2D eigenvalue weighted by Crippen LogP contribution is 2.42. The van der Waals surface area contributed by atoms with Gasteiger partial charge in [0.05, 0.1) is 0 Å². The lowest BCUT2D eigenvalue weighted by Gasteiger charge is -2.26. The molecule has 12 rings (SSSR count). The van der Waals surface area contributed by atoms with E-state index in [-0.39, 0.29) is 0 Å². The van der Waals surface area contributed by atoms with E-state index < -0.39 is 0 Å². The molecule has 0 radical (unpaired) electrons. The minimum Gasteiger partial charge on any atom is -0.310 e. The molecule has 0 spiro atoms. The van der Waals surface area contributed by atoms with Crippen LogP contribution in [0.3, 0.4) is 0 Å². The molecule has 0 amide bonds. The van der Waals surface area contributed by atoms with Crippen molar-refractivity contribution in [3.05, 3.63) is 249 Å². The predicted molar refractivity (Wildman–Crippen MR) is 276 cm³/mol. The quantitative estimate of drug-likeness (QED) is 0.147. The van der Waals surface area contributed by atoms with Crippen molar-refractivity contribution >= 4 is 70.1 Å². The van der Waals surface area contributed by atoms with Crippen LogP contribution in [0.2, 0.25) is 0 Å². The maximum absolute atomic E-state index is 2.38. The van der Waals surface area contributed by atoms with Crippen LogP contribution in [0.1, 0.15) is 0 Å². The number of anilines is 3. The fourth-order valence-electron chi connectivity index (χ4n) is 9.41. The van der Waals surface area contributed by atoms with Crippen molar-refractivity contribution in [2.75, 3.05) is 4.90 Å². The van der Waals surface area contributed by atoms with E-state index >= 15 is 0 Å². The lowest BCUT2D eigenvalue weighted by atomic mass is 9.92. The largest absolute Gasteiger partial charge is 0.310 e. The second kappa shape index (κ2) is 16.0. The average Bonchev–Trinajstić information content (AvgIpc) is 3.73. The van der Waals surface area contributed by atoms with Crippen LogP contribution in [-0.4, -0.2) is 0 Å². The summed E-state index contributed by atoms with van der Waals surface area (Å²) in [5, 5.41) is 7.70. The summed E-state index contributed by atoms with van der Waals surface area (Å²) in [6.45, 7) is 0. The Morgan fingerprint density at radius 2 is 0.672 bits per heavy atom. The number of hydrogen-bond acceptors (Lipinski definition) is 2. The highest BCUT2D eigenvalue weighted by molar-refractivity contribution is 7.25. The zero-order valence-corrected chi connectivity index (χ0v) is 35.8. The van der Waals surface area contributed by atoms with Crippen LogP contribution in [-0.2, 0) is 0 Å². The van der Waals surface area contributed by atoms with E-state index in [0.29, 0.717) is 0 Å². The Balaban J connectivity index is 0.928. The first-order valence-corrected chi connectivity index (χ1v) is 22.7. The van der Waals surface area contributed by atoms with E-state index in [9.17, 15) is 0 Å². The normalized spacial score (nSPS) is 11.4. The van der Waals surface area contributed by atoms with Gasteiger partial charge in [0.15, 0.2) is 0 Å². The second-order valence-corrected chi connectivity index (χ2v) is 17.6. The van der Waals surface area contributed by atoms with Gasteiger partial charge in [-0.25, -0.2) is 0 Å². The summed E-state index contributed by atoms with van der Waals surface area (Å²) in [5.74, 6) is 0. The van der Waals surface area contributed by atoms with Gasteiger partial charge in [-0.1, -0.05) is 188 Å². The Labute approximate surface area is 377 Å². The molecule has 0 aliphatic carbocycles. The molecule has 1 aromatic heterocycles. The van der Waals surface area contributed by atoms with Crippen molar-refractivity contribution in [3.8, 4) is 55.6 Å². The Morgan fingerprint density at radius 1 is 0.234 bits per heavy atom. The summed E-state index contributed by atoms with van der Waals surface area (Å²) in [7, 11) is 0. The SMILES string of the molecule is c1ccc(-c2ccc(-c3cccc(N(c4ccc(-c5ccc6sc7cc8ccccc8cc7c6c5)cc4)c4ccc(-c5ccc(-c6ccccc6)c6ccccc56)cc4)c3)cc2)cc1. The fraction of sp³-hybridized carbons (Fsp3) is 0. The van der Waals surface area contributed by atoms with Crippen molar-refractivity contribution in [3.63, 3.8) is 0 Å². The van der Waals surface area contributed by atoms with Crippen LogP contribution >= 0.6 is 11.3 Å². The van der Waals surface area contributed by atoms with Gasteiger partial charge in [-0.3, -0.25) is 0 Å². The fourth-order valence-corrected chi connectivity index (χ4v) is 10.5. The molecule has 1 heterocycles. The summed E-state index contributed by atoms with van der Waals surface area (Å²) in [5.41, 5.74) is 15.4. The second-order valence-electron chi connectivity index (χ2n) is 16.5. The maximum atomic E-state index is 2.38. The van der Waals surface area contributed by atoms with Gasteiger partial charge in [-0.2, -0.15) is 0 Å². The van der Waals surface area contributed by atoms with Gasteiger partial charge >= 0.3 is 0 Å². The third-order valence-electron chi connectivity index (χ3n) is 12.7. The molecular formula is C62H41NS. The van der Waals surface area contributed by atoms with Crippen molar-refractivity contribution in [1.82, 2.24) is 0 Å². The first kappa shape index (κ1) is 37.7. The number of rotatable bonds is 8. The zero-order valence-electron chi connectivity index (χ0n) is 35.0. The van der Waals surface area contributed by atoms with E-state index in [1.54, 1.807) is 0 Å². The van der Waals surface area contributed by atoms with Gasteiger partial charge in [-0.05, 0) is 138 Å². The Hall–Kier alpha value is -8.04. The molecule has 1 nitrogen and oxygen atoms in total. The van der Waals surface area contributed by atoms with Gasteiger partial charge in [0.25, 0.3) is 0 Å². The standard InChI is InChI=1S/C62H41NS/c1-3-12-42(13-4-1)43-22-24-44(25-23-43)48-18-11-19-54(38-48)63(53-33-28-47(29-34-53)56-36-35-55(46-14-5-2-6-15-46)57-20-9-10-21-58(56)57)52-31-26-45(27-32-52)51-30-37-61-59(40-51)60-39-49-16-7-8-17-50(49)41-62(60)64-61/h1-41H. The van der Waals surface area contributed by atoms with E-state index in [2.05, 4.69) is 254 Å². The Morgan fingerprint density at radius 3 is 1.31 bits per heavy atom. The van der Waals surface area contributed by atoms with Crippen molar-refractivity contribution < 1.29 is 0 Å². The number of fused-ring (bicyclic) bond motifs is 5. The molecule has 0 aliphatic heterocycles. The molecule has 64 heavy (non-hydrogen) atoms. The molecular weight excluding hydrogens is 791 g/mol. The van der Waals surface area contributed by atoms with E-state index in [4.69, 9.17) is 0 Å². The summed E-state index contributed by atoms with van der Waals surface area (Å²) in [6, 6.07) is 90.9. The molecule has 0 bridgehead atoms. The van der Waals surface area contributed by atoms with Crippen molar-refractivity contribution in [2.45, 2.75) is 0 Å². The minimum absolute atomic E-state index is 1.09. The summed E-state index contributed by atoms with van der Waals surface area (Å²) in [6.07, 6.45) is 0. The molecule has 0 saturated heterocycles. The van der Waals surface area contributed by atoms with Crippen LogP contribution in [0.4, 0.5) is 17.1 Å². The number of hydrogen-bond donors (Lipinski definition) is 0. The third kappa shape index (κ3) is 6.91. The molecule has 0 atom stereocenters. The van der Waals surface area contributed by atoms with Crippen LogP contribution in [0.5, 0.6) is 0 Å². The highest BCUT2D eigenvalue weighted by Gasteiger charge is 2.17. The molecule has 0 N–H and O–H groups in total.